The first kappa shape index (κ1) is 20.6. The molecule has 1 aromatic heterocycles. The largest absolute Gasteiger partial charge is 0.393 e. The first-order valence-electron chi connectivity index (χ1n) is 9.03. The Morgan fingerprint density at radius 3 is 2.79 bits per heavy atom. The second-order valence-electron chi connectivity index (χ2n) is 6.95. The van der Waals surface area contributed by atoms with Gasteiger partial charge in [0.2, 0.25) is 0 Å². The molecular formula is C19H21BrFN3O4. The molecule has 1 aliphatic rings. The van der Waals surface area contributed by atoms with E-state index in [9.17, 15) is 19.5 Å². The van der Waals surface area contributed by atoms with Gasteiger partial charge in [-0.05, 0) is 65.7 Å². The molecule has 0 amide bonds. The van der Waals surface area contributed by atoms with Gasteiger partial charge in [0.15, 0.2) is 11.5 Å². The number of aliphatic imine (C=N–C) groups is 1. The Morgan fingerprint density at radius 2 is 2.11 bits per heavy atom. The van der Waals surface area contributed by atoms with E-state index in [0.717, 1.165) is 25.7 Å². The van der Waals surface area contributed by atoms with Gasteiger partial charge in [0.1, 0.15) is 17.9 Å². The van der Waals surface area contributed by atoms with Gasteiger partial charge in [-0.15, -0.1) is 0 Å². The van der Waals surface area contributed by atoms with Gasteiger partial charge in [0.05, 0.1) is 16.3 Å². The van der Waals surface area contributed by atoms with Crippen molar-refractivity contribution >= 4 is 33.2 Å². The molecule has 9 heteroatoms. The van der Waals surface area contributed by atoms with Crippen LogP contribution in [0.3, 0.4) is 0 Å². The maximum Gasteiger partial charge on any atom is 0.180 e. The van der Waals surface area contributed by atoms with E-state index in [0.29, 0.717) is 17.7 Å². The highest BCUT2D eigenvalue weighted by Gasteiger charge is 2.23. The number of rotatable bonds is 6. The van der Waals surface area contributed by atoms with E-state index < -0.39 is 5.82 Å². The molecule has 1 aliphatic carbocycles. The van der Waals surface area contributed by atoms with E-state index in [1.807, 2.05) is 5.48 Å². The van der Waals surface area contributed by atoms with Crippen molar-refractivity contribution in [2.45, 2.75) is 44.6 Å². The lowest BCUT2D eigenvalue weighted by atomic mass is 9.83. The minimum absolute atomic E-state index is 0.00385. The fourth-order valence-corrected chi connectivity index (χ4v) is 3.71. The van der Waals surface area contributed by atoms with Crippen molar-refractivity contribution in [3.8, 4) is 0 Å². The summed E-state index contributed by atoms with van der Waals surface area (Å²) in [6, 6.07) is 4.14. The molecule has 1 saturated carbocycles. The Balaban J connectivity index is 1.71. The van der Waals surface area contributed by atoms with Crippen LogP contribution in [0, 0.1) is 11.7 Å². The smallest absolute Gasteiger partial charge is 0.180 e. The molecule has 0 unspecified atom stereocenters. The summed E-state index contributed by atoms with van der Waals surface area (Å²) >= 11 is 3.08. The van der Waals surface area contributed by atoms with E-state index >= 15 is 0 Å². The zero-order valence-electron chi connectivity index (χ0n) is 15.1. The lowest BCUT2D eigenvalue weighted by Crippen LogP contribution is -2.23. The zero-order chi connectivity index (χ0) is 20.1. The normalized spacial score (nSPS) is 20.2. The topological polar surface area (TPSA) is 108 Å². The van der Waals surface area contributed by atoms with Gasteiger partial charge in [-0.3, -0.25) is 15.5 Å². The fourth-order valence-electron chi connectivity index (χ4n) is 3.35. The predicted molar refractivity (Wildman–Crippen MR) is 103 cm³/mol. The molecule has 0 spiro atoms. The molecule has 7 nitrogen and oxygen atoms in total. The van der Waals surface area contributed by atoms with Gasteiger partial charge in [0.25, 0.3) is 0 Å². The number of aromatic nitrogens is 1. The number of aliphatic hydroxyl groups is 1. The van der Waals surface area contributed by atoms with Gasteiger partial charge in [-0.2, -0.15) is 0 Å². The lowest BCUT2D eigenvalue weighted by molar-refractivity contribution is -0.119. The van der Waals surface area contributed by atoms with Crippen molar-refractivity contribution in [1.29, 1.82) is 0 Å². The van der Waals surface area contributed by atoms with Crippen molar-refractivity contribution in [1.82, 2.24) is 10.6 Å². The number of nitrogens with zero attached hydrogens (tertiary/aromatic N) is 2. The summed E-state index contributed by atoms with van der Waals surface area (Å²) in [7, 11) is 0. The number of benzene rings is 1. The number of amidine groups is 1. The molecule has 1 heterocycles. The van der Waals surface area contributed by atoms with Crippen molar-refractivity contribution < 1.29 is 24.0 Å². The molecule has 150 valence electrons. The van der Waals surface area contributed by atoms with Gasteiger partial charge >= 0.3 is 0 Å². The molecule has 1 fully saturated rings. The number of aliphatic hydroxyl groups excluding tert-OH is 1. The Kier molecular flexibility index (Phi) is 6.93. The SMILES string of the molecule is O=C(Cc1conc1C(=Nc1ccc(F)c(Br)c1)NO)CC1CCC(O)CC1. The van der Waals surface area contributed by atoms with E-state index in [2.05, 4.69) is 26.1 Å². The molecule has 28 heavy (non-hydrogen) atoms. The van der Waals surface area contributed by atoms with Gasteiger partial charge in [0, 0.05) is 18.4 Å². The third-order valence-corrected chi connectivity index (χ3v) is 5.45. The molecular weight excluding hydrogens is 433 g/mol. The van der Waals surface area contributed by atoms with Crippen LogP contribution in [0.1, 0.15) is 43.4 Å². The van der Waals surface area contributed by atoms with Crippen molar-refractivity contribution in [3.63, 3.8) is 0 Å². The molecule has 0 saturated heterocycles. The first-order valence-corrected chi connectivity index (χ1v) is 9.82. The highest BCUT2D eigenvalue weighted by molar-refractivity contribution is 9.10. The van der Waals surface area contributed by atoms with Crippen molar-refractivity contribution in [2.75, 3.05) is 0 Å². The van der Waals surface area contributed by atoms with Gasteiger partial charge < -0.3 is 9.63 Å². The van der Waals surface area contributed by atoms with E-state index in [1.165, 1.54) is 24.5 Å². The van der Waals surface area contributed by atoms with Crippen LogP contribution in [0.15, 0.2) is 38.5 Å². The van der Waals surface area contributed by atoms with Gasteiger partial charge in [-0.25, -0.2) is 9.38 Å². The van der Waals surface area contributed by atoms with Crippen LogP contribution in [0.4, 0.5) is 10.1 Å². The summed E-state index contributed by atoms with van der Waals surface area (Å²) in [5, 5.41) is 22.9. The fraction of sp³-hybridized carbons (Fsp3) is 0.421. The minimum Gasteiger partial charge on any atom is -0.393 e. The molecule has 0 radical (unpaired) electrons. The van der Waals surface area contributed by atoms with E-state index in [-0.39, 0.29) is 40.2 Å². The summed E-state index contributed by atoms with van der Waals surface area (Å²) < 4.78 is 18.6. The van der Waals surface area contributed by atoms with Crippen LogP contribution >= 0.6 is 15.9 Å². The Labute approximate surface area is 169 Å². The molecule has 0 aliphatic heterocycles. The zero-order valence-corrected chi connectivity index (χ0v) is 16.7. The third kappa shape index (κ3) is 5.24. The van der Waals surface area contributed by atoms with Crippen molar-refractivity contribution in [2.24, 2.45) is 10.9 Å². The van der Waals surface area contributed by atoms with Gasteiger partial charge in [-0.1, -0.05) is 5.16 Å². The van der Waals surface area contributed by atoms with E-state index in [4.69, 9.17) is 4.52 Å². The van der Waals surface area contributed by atoms with Crippen LogP contribution in [0.25, 0.3) is 0 Å². The minimum atomic E-state index is -0.430. The number of nitrogens with one attached hydrogen (secondary N) is 1. The Hall–Kier alpha value is -2.10. The number of carbonyl (C=O) groups excluding carboxylic acids is 1. The Morgan fingerprint density at radius 1 is 1.36 bits per heavy atom. The molecule has 0 atom stereocenters. The summed E-state index contributed by atoms with van der Waals surface area (Å²) in [6.45, 7) is 0. The molecule has 3 rings (SSSR count). The Bertz CT molecular complexity index is 863. The second-order valence-corrected chi connectivity index (χ2v) is 7.81. The summed E-state index contributed by atoms with van der Waals surface area (Å²) in [5.41, 5.74) is 3.07. The molecule has 2 aromatic rings. The van der Waals surface area contributed by atoms with Crippen LogP contribution in [-0.2, 0) is 11.2 Å². The molecule has 1 aromatic carbocycles. The lowest BCUT2D eigenvalue weighted by Gasteiger charge is -2.24. The summed E-state index contributed by atoms with van der Waals surface area (Å²) in [5.74, 6) is -0.121. The monoisotopic (exact) mass is 453 g/mol. The van der Waals surface area contributed by atoms with Crippen LogP contribution in [-0.4, -0.2) is 33.2 Å². The average Bonchev–Trinajstić information content (AvgIpc) is 3.12. The van der Waals surface area contributed by atoms with Crippen LogP contribution < -0.4 is 5.48 Å². The number of Topliss-reactive ketones (excluding diaryl/α,β-unsaturated/α-hetero) is 1. The summed E-state index contributed by atoms with van der Waals surface area (Å²) in [6.07, 6.45) is 4.78. The number of hydrogen-bond acceptors (Lipinski definition) is 6. The molecule has 0 bridgehead atoms. The number of hydroxylamine groups is 1. The molecule has 3 N–H and O–H groups in total. The standard InChI is InChI=1S/C19H21BrFN3O4/c20-16-9-13(3-6-17(16)21)22-19(23-27)18-12(10-28-24-18)8-15(26)7-11-1-4-14(25)5-2-11/h3,6,9-11,14,25,27H,1-2,4-5,7-8H2,(H,22,23). The predicted octanol–water partition coefficient (Wildman–Crippen LogP) is 3.69. The highest BCUT2D eigenvalue weighted by Crippen LogP contribution is 2.28. The maximum absolute atomic E-state index is 13.4. The quantitative estimate of drug-likeness (QED) is 0.349. The van der Waals surface area contributed by atoms with Crippen molar-refractivity contribution in [3.05, 3.63) is 46.0 Å². The maximum atomic E-state index is 13.4. The second kappa shape index (κ2) is 9.40. The number of carbonyl (C=O) groups is 1. The van der Waals surface area contributed by atoms with E-state index in [1.54, 1.807) is 0 Å². The highest BCUT2D eigenvalue weighted by atomic mass is 79.9. The number of ketones is 1. The third-order valence-electron chi connectivity index (χ3n) is 4.84. The average molecular weight is 454 g/mol. The van der Waals surface area contributed by atoms with Crippen LogP contribution in [0.2, 0.25) is 0 Å². The number of hydrogen-bond donors (Lipinski definition) is 3. The first-order chi connectivity index (χ1) is 13.5. The van der Waals surface area contributed by atoms with Crippen LogP contribution in [0.5, 0.6) is 0 Å². The summed E-state index contributed by atoms with van der Waals surface area (Å²) in [4.78, 5) is 16.7. The number of halogens is 2.